The van der Waals surface area contributed by atoms with Crippen molar-refractivity contribution in [2.45, 2.75) is 12.5 Å². The van der Waals surface area contributed by atoms with Crippen LogP contribution in [0.5, 0.6) is 0 Å². The van der Waals surface area contributed by atoms with E-state index in [-0.39, 0.29) is 29.5 Å². The van der Waals surface area contributed by atoms with Crippen LogP contribution in [-0.2, 0) is 6.42 Å². The number of H-pyrrole nitrogens is 1. The Labute approximate surface area is 193 Å². The molecule has 3 N–H and O–H groups in total. The van der Waals surface area contributed by atoms with Gasteiger partial charge in [-0.25, -0.2) is 8.78 Å². The van der Waals surface area contributed by atoms with Crippen molar-refractivity contribution in [3.05, 3.63) is 71.4 Å². The van der Waals surface area contributed by atoms with Gasteiger partial charge in [0.15, 0.2) is 5.96 Å². The summed E-state index contributed by atoms with van der Waals surface area (Å²) in [5.74, 6) is -0.506. The van der Waals surface area contributed by atoms with Gasteiger partial charge in [-0.05, 0) is 44.3 Å². The molecule has 0 bridgehead atoms. The largest absolute Gasteiger partial charge is 0.361 e. The molecule has 2 aromatic carbocycles. The van der Waals surface area contributed by atoms with Crippen molar-refractivity contribution < 1.29 is 8.78 Å². The SMILES string of the molecule is CN=C(NCCc1c[nH]c2ccccc12)NCC(c1c(F)cccc1F)N(C)C.I. The number of hydrogen-bond acceptors (Lipinski definition) is 2. The zero-order chi connectivity index (χ0) is 20.8. The predicted molar refractivity (Wildman–Crippen MR) is 130 cm³/mol. The molecule has 0 saturated carbocycles. The number of aliphatic imine (C=N–C) groups is 1. The maximum Gasteiger partial charge on any atom is 0.191 e. The van der Waals surface area contributed by atoms with Gasteiger partial charge in [-0.15, -0.1) is 24.0 Å². The smallest absolute Gasteiger partial charge is 0.191 e. The number of para-hydroxylation sites is 1. The molecule has 0 fully saturated rings. The average Bonchev–Trinajstić information content (AvgIpc) is 3.11. The fraction of sp³-hybridized carbons (Fsp3) is 0.318. The van der Waals surface area contributed by atoms with Crippen LogP contribution < -0.4 is 10.6 Å². The van der Waals surface area contributed by atoms with Crippen molar-refractivity contribution in [3.8, 4) is 0 Å². The monoisotopic (exact) mass is 527 g/mol. The van der Waals surface area contributed by atoms with Gasteiger partial charge in [0.05, 0.1) is 6.04 Å². The Kier molecular flexibility index (Phi) is 9.04. The molecule has 0 aliphatic carbocycles. The lowest BCUT2D eigenvalue weighted by Gasteiger charge is -2.26. The molecule has 0 radical (unpaired) electrons. The number of nitrogens with one attached hydrogen (secondary N) is 3. The van der Waals surface area contributed by atoms with E-state index in [2.05, 4.69) is 32.7 Å². The highest BCUT2D eigenvalue weighted by Crippen LogP contribution is 2.24. The molecule has 0 aliphatic rings. The van der Waals surface area contributed by atoms with E-state index in [4.69, 9.17) is 0 Å². The van der Waals surface area contributed by atoms with E-state index in [1.165, 1.54) is 29.1 Å². The molecule has 1 aromatic heterocycles. The summed E-state index contributed by atoms with van der Waals surface area (Å²) < 4.78 is 28.4. The number of halogens is 3. The first-order chi connectivity index (χ1) is 14.0. The van der Waals surface area contributed by atoms with Crippen molar-refractivity contribution in [2.75, 3.05) is 34.2 Å². The van der Waals surface area contributed by atoms with E-state index in [9.17, 15) is 8.78 Å². The third-order valence-electron chi connectivity index (χ3n) is 5.00. The highest BCUT2D eigenvalue weighted by atomic mass is 127. The lowest BCUT2D eigenvalue weighted by atomic mass is 10.0. The zero-order valence-corrected chi connectivity index (χ0v) is 19.7. The Morgan fingerprint density at radius 1 is 1.07 bits per heavy atom. The minimum absolute atomic E-state index is 0. The second-order valence-electron chi connectivity index (χ2n) is 7.10. The maximum absolute atomic E-state index is 14.2. The van der Waals surface area contributed by atoms with Gasteiger partial charge in [0, 0.05) is 42.8 Å². The van der Waals surface area contributed by atoms with Crippen molar-refractivity contribution in [1.29, 1.82) is 0 Å². The Morgan fingerprint density at radius 2 is 1.77 bits per heavy atom. The highest BCUT2D eigenvalue weighted by Gasteiger charge is 2.22. The van der Waals surface area contributed by atoms with Gasteiger partial charge in [0.25, 0.3) is 0 Å². The van der Waals surface area contributed by atoms with E-state index >= 15 is 0 Å². The Hall–Kier alpha value is -2.20. The van der Waals surface area contributed by atoms with Gasteiger partial charge in [-0.1, -0.05) is 24.3 Å². The summed E-state index contributed by atoms with van der Waals surface area (Å²) in [6, 6.07) is 11.6. The topological polar surface area (TPSA) is 55.5 Å². The van der Waals surface area contributed by atoms with Gasteiger partial charge in [-0.2, -0.15) is 0 Å². The number of guanidine groups is 1. The molecule has 0 spiro atoms. The number of aromatic amines is 1. The predicted octanol–water partition coefficient (Wildman–Crippen LogP) is 4.07. The van der Waals surface area contributed by atoms with Crippen LogP contribution in [0.3, 0.4) is 0 Å². The van der Waals surface area contributed by atoms with E-state index in [1.807, 2.05) is 18.3 Å². The van der Waals surface area contributed by atoms with E-state index < -0.39 is 17.7 Å². The van der Waals surface area contributed by atoms with Crippen LogP contribution in [0, 0.1) is 11.6 Å². The molecule has 1 heterocycles. The summed E-state index contributed by atoms with van der Waals surface area (Å²) in [6.07, 6.45) is 2.84. The summed E-state index contributed by atoms with van der Waals surface area (Å²) in [5.41, 5.74) is 2.40. The van der Waals surface area contributed by atoms with Crippen molar-refractivity contribution in [3.63, 3.8) is 0 Å². The highest BCUT2D eigenvalue weighted by molar-refractivity contribution is 14.0. The lowest BCUT2D eigenvalue weighted by molar-refractivity contribution is 0.282. The first-order valence-corrected chi connectivity index (χ1v) is 9.61. The summed E-state index contributed by atoms with van der Waals surface area (Å²) in [4.78, 5) is 9.28. The van der Waals surface area contributed by atoms with Crippen LogP contribution in [0.2, 0.25) is 0 Å². The minimum atomic E-state index is -0.548. The molecule has 0 amide bonds. The molecule has 162 valence electrons. The second kappa shape index (κ2) is 11.3. The van der Waals surface area contributed by atoms with E-state index in [0.717, 1.165) is 11.9 Å². The van der Waals surface area contributed by atoms with Crippen LogP contribution in [0.15, 0.2) is 53.7 Å². The molecule has 0 saturated heterocycles. The van der Waals surface area contributed by atoms with Crippen LogP contribution >= 0.6 is 24.0 Å². The average molecular weight is 527 g/mol. The van der Waals surface area contributed by atoms with Gasteiger partial charge < -0.3 is 20.5 Å². The standard InChI is InChI=1S/C22H27F2N5.HI/c1-25-22(26-12-11-15-13-27-19-10-5-4-7-16(15)19)28-14-20(29(2)3)21-17(23)8-6-9-18(21)24;/h4-10,13,20,27H,11-12,14H2,1-3H3,(H2,25,26,28);1H. The fourth-order valence-electron chi connectivity index (χ4n) is 3.44. The van der Waals surface area contributed by atoms with Gasteiger partial charge >= 0.3 is 0 Å². The van der Waals surface area contributed by atoms with E-state index in [1.54, 1.807) is 26.0 Å². The third-order valence-corrected chi connectivity index (χ3v) is 5.00. The van der Waals surface area contributed by atoms with Gasteiger partial charge in [0.1, 0.15) is 11.6 Å². The Balaban J connectivity index is 0.00000320. The molecule has 3 rings (SSSR count). The number of rotatable bonds is 7. The van der Waals surface area contributed by atoms with E-state index in [0.29, 0.717) is 19.0 Å². The van der Waals surface area contributed by atoms with Crippen molar-refractivity contribution in [1.82, 2.24) is 20.5 Å². The Morgan fingerprint density at radius 3 is 2.43 bits per heavy atom. The molecule has 3 aromatic rings. The second-order valence-corrected chi connectivity index (χ2v) is 7.10. The van der Waals surface area contributed by atoms with Crippen LogP contribution in [0.4, 0.5) is 8.78 Å². The quantitative estimate of drug-likeness (QED) is 0.247. The summed E-state index contributed by atoms with van der Waals surface area (Å²) in [5, 5.41) is 7.65. The fourth-order valence-corrected chi connectivity index (χ4v) is 3.44. The number of hydrogen-bond donors (Lipinski definition) is 3. The van der Waals surface area contributed by atoms with Crippen molar-refractivity contribution >= 4 is 40.8 Å². The molecule has 0 aliphatic heterocycles. The minimum Gasteiger partial charge on any atom is -0.361 e. The zero-order valence-electron chi connectivity index (χ0n) is 17.4. The first kappa shape index (κ1) is 24.1. The first-order valence-electron chi connectivity index (χ1n) is 9.61. The molecule has 8 heteroatoms. The molecular weight excluding hydrogens is 499 g/mol. The summed E-state index contributed by atoms with van der Waals surface area (Å²) in [6.45, 7) is 1.000. The maximum atomic E-state index is 14.2. The lowest BCUT2D eigenvalue weighted by Crippen LogP contribution is -2.42. The molecule has 5 nitrogen and oxygen atoms in total. The number of nitrogens with zero attached hydrogens (tertiary/aromatic N) is 2. The molecule has 1 unspecified atom stereocenters. The summed E-state index contributed by atoms with van der Waals surface area (Å²) in [7, 11) is 5.27. The third kappa shape index (κ3) is 5.69. The Bertz CT molecular complexity index is 966. The normalized spacial score (nSPS) is 12.7. The van der Waals surface area contributed by atoms with Gasteiger partial charge in [0.2, 0.25) is 0 Å². The number of aromatic nitrogens is 1. The van der Waals surface area contributed by atoms with Crippen LogP contribution in [-0.4, -0.2) is 50.1 Å². The number of likely N-dealkylation sites (N-methyl/N-ethyl adjacent to an activating group) is 1. The van der Waals surface area contributed by atoms with Crippen molar-refractivity contribution in [2.24, 2.45) is 4.99 Å². The number of benzene rings is 2. The van der Waals surface area contributed by atoms with Crippen LogP contribution in [0.25, 0.3) is 10.9 Å². The molecular formula is C22H28F2IN5. The number of fused-ring (bicyclic) bond motifs is 1. The van der Waals surface area contributed by atoms with Crippen LogP contribution in [0.1, 0.15) is 17.2 Å². The van der Waals surface area contributed by atoms with Gasteiger partial charge in [-0.3, -0.25) is 4.99 Å². The molecule has 30 heavy (non-hydrogen) atoms. The summed E-state index contributed by atoms with van der Waals surface area (Å²) >= 11 is 0. The molecule has 1 atom stereocenters.